The van der Waals surface area contributed by atoms with E-state index in [9.17, 15) is 39.0 Å². The molecule has 47 heavy (non-hydrogen) atoms. The standard InChI is InChI=1S/2C14H23N5O4.Cu/c2*1-8(2)3-11(14(22)23)19-13(21)10(18-12(20)5-15)4-9-6-16-7-17-9;/h2*6-8,10-11H,3-5,15H2,1-2H3,(H,16,17)(H,18,20)(H,19,21)(H,22,23);/q;;+2/p-2/t2*10-,11-;/m00./s1. The average Bonchev–Trinajstić information content (AvgIpc) is 3.70. The Bertz CT molecular complexity index is 1160. The van der Waals surface area contributed by atoms with Crippen LogP contribution in [0, 0.1) is 11.8 Å². The third-order valence-electron chi connectivity index (χ3n) is 6.25. The molecule has 1 radical (unpaired) electrons. The molecule has 0 aromatic carbocycles. The Morgan fingerprint density at radius 2 is 1.00 bits per heavy atom. The van der Waals surface area contributed by atoms with Gasteiger partial charge in [0.15, 0.2) is 0 Å². The van der Waals surface area contributed by atoms with Gasteiger partial charge in [-0.3, -0.25) is 19.2 Å². The van der Waals surface area contributed by atoms with Crippen LogP contribution in [0.3, 0.4) is 0 Å². The molecule has 19 heteroatoms. The first kappa shape index (κ1) is 42.7. The van der Waals surface area contributed by atoms with Crippen molar-refractivity contribution in [2.45, 2.75) is 77.5 Å². The molecule has 4 atom stereocenters. The van der Waals surface area contributed by atoms with Crippen molar-refractivity contribution in [3.8, 4) is 0 Å². The van der Waals surface area contributed by atoms with Crippen LogP contribution >= 0.6 is 0 Å². The van der Waals surface area contributed by atoms with E-state index in [4.69, 9.17) is 11.5 Å². The number of nitrogens with two attached hydrogens (primary N) is 2. The maximum absolute atomic E-state index is 12.3. The molecule has 2 aromatic heterocycles. The molecule has 0 bridgehead atoms. The molecular formula is C28H44CuN10O8. The number of hydrogen-bond acceptors (Lipinski definition) is 12. The summed E-state index contributed by atoms with van der Waals surface area (Å²) in [5.74, 6) is -4.87. The Labute approximate surface area is 282 Å². The average molecular weight is 712 g/mol. The van der Waals surface area contributed by atoms with Crippen molar-refractivity contribution in [2.24, 2.45) is 23.3 Å². The van der Waals surface area contributed by atoms with Gasteiger partial charge < -0.3 is 62.5 Å². The molecule has 0 aliphatic heterocycles. The smallest absolute Gasteiger partial charge is 0.548 e. The van der Waals surface area contributed by atoms with E-state index in [1.807, 2.05) is 27.7 Å². The van der Waals surface area contributed by atoms with Gasteiger partial charge in [0.05, 0.1) is 49.8 Å². The molecule has 0 unspecified atom stereocenters. The minimum absolute atomic E-state index is 0. The van der Waals surface area contributed by atoms with E-state index in [1.54, 1.807) is 0 Å². The zero-order chi connectivity index (χ0) is 34.8. The molecule has 0 aliphatic carbocycles. The van der Waals surface area contributed by atoms with Gasteiger partial charge in [-0.15, -0.1) is 0 Å². The number of rotatable bonds is 18. The van der Waals surface area contributed by atoms with Crippen LogP contribution in [-0.2, 0) is 58.7 Å². The van der Waals surface area contributed by atoms with Gasteiger partial charge in [-0.2, -0.15) is 0 Å². The second-order valence-corrected chi connectivity index (χ2v) is 11.2. The molecular weight excluding hydrogens is 668 g/mol. The summed E-state index contributed by atoms with van der Waals surface area (Å²) in [7, 11) is 0. The van der Waals surface area contributed by atoms with Crippen LogP contribution in [0.2, 0.25) is 0 Å². The Balaban J connectivity index is 0.000000882. The number of nitrogens with zero attached hydrogens (tertiary/aromatic N) is 2. The summed E-state index contributed by atoms with van der Waals surface area (Å²) in [6, 6.07) is -4.16. The molecule has 265 valence electrons. The number of imidazole rings is 2. The van der Waals surface area contributed by atoms with Crippen molar-refractivity contribution < 1.29 is 56.0 Å². The number of H-pyrrole nitrogens is 2. The van der Waals surface area contributed by atoms with E-state index >= 15 is 0 Å². The van der Waals surface area contributed by atoms with Gasteiger partial charge in [0, 0.05) is 36.6 Å². The van der Waals surface area contributed by atoms with Gasteiger partial charge in [0.25, 0.3) is 0 Å². The molecule has 0 saturated carbocycles. The van der Waals surface area contributed by atoms with Gasteiger partial charge >= 0.3 is 17.1 Å². The van der Waals surface area contributed by atoms with Crippen molar-refractivity contribution in [2.75, 3.05) is 13.1 Å². The van der Waals surface area contributed by atoms with E-state index in [1.165, 1.54) is 25.0 Å². The Morgan fingerprint density at radius 1 is 0.660 bits per heavy atom. The second-order valence-electron chi connectivity index (χ2n) is 11.2. The van der Waals surface area contributed by atoms with Crippen molar-refractivity contribution in [1.29, 1.82) is 0 Å². The van der Waals surface area contributed by atoms with Gasteiger partial charge in [0.2, 0.25) is 23.6 Å². The Hall–Kier alpha value is -4.32. The normalized spacial score (nSPS) is 13.1. The topological polar surface area (TPSA) is 306 Å². The molecule has 18 nitrogen and oxygen atoms in total. The monoisotopic (exact) mass is 711 g/mol. The fraction of sp³-hybridized carbons (Fsp3) is 0.571. The minimum atomic E-state index is -1.36. The van der Waals surface area contributed by atoms with Crippen LogP contribution < -0.4 is 42.9 Å². The maximum Gasteiger partial charge on any atom is 2.00 e. The van der Waals surface area contributed by atoms with E-state index in [0.29, 0.717) is 11.4 Å². The molecule has 2 aromatic rings. The molecule has 2 heterocycles. The summed E-state index contributed by atoms with van der Waals surface area (Å²) in [4.78, 5) is 83.2. The third-order valence-corrected chi connectivity index (χ3v) is 6.25. The number of nitrogens with one attached hydrogen (secondary N) is 6. The maximum atomic E-state index is 12.3. The first-order valence-corrected chi connectivity index (χ1v) is 14.6. The van der Waals surface area contributed by atoms with Gasteiger partial charge in [0.1, 0.15) is 12.1 Å². The van der Waals surface area contributed by atoms with E-state index in [2.05, 4.69) is 41.2 Å². The van der Waals surface area contributed by atoms with Crippen molar-refractivity contribution in [3.63, 3.8) is 0 Å². The second kappa shape index (κ2) is 22.2. The molecule has 0 saturated heterocycles. The first-order valence-electron chi connectivity index (χ1n) is 14.6. The number of carbonyl (C=O) groups excluding carboxylic acids is 6. The van der Waals surface area contributed by atoms with Crippen LogP contribution in [0.4, 0.5) is 0 Å². The van der Waals surface area contributed by atoms with Gasteiger partial charge in [-0.1, -0.05) is 27.7 Å². The van der Waals surface area contributed by atoms with E-state index < -0.39 is 59.7 Å². The van der Waals surface area contributed by atoms with Crippen LogP contribution in [0.15, 0.2) is 25.0 Å². The van der Waals surface area contributed by atoms with Crippen molar-refractivity contribution in [1.82, 2.24) is 41.2 Å². The van der Waals surface area contributed by atoms with Crippen molar-refractivity contribution >= 4 is 35.6 Å². The predicted molar refractivity (Wildman–Crippen MR) is 159 cm³/mol. The molecule has 10 N–H and O–H groups in total. The molecule has 0 spiro atoms. The summed E-state index contributed by atoms with van der Waals surface area (Å²) >= 11 is 0. The Kier molecular flexibility index (Phi) is 20.2. The van der Waals surface area contributed by atoms with Crippen LogP contribution in [0.5, 0.6) is 0 Å². The van der Waals surface area contributed by atoms with Crippen LogP contribution in [0.1, 0.15) is 51.9 Å². The molecule has 0 fully saturated rings. The summed E-state index contributed by atoms with van der Waals surface area (Å²) in [6.07, 6.45) is 6.65. The zero-order valence-corrected chi connectivity index (χ0v) is 27.6. The number of carboxylic acids is 2. The summed E-state index contributed by atoms with van der Waals surface area (Å²) in [6.45, 7) is 6.78. The SMILES string of the molecule is CC(C)C[C@H](NC(=O)[C@H](Cc1cnc[nH]1)NC(=O)CN)C(=O)[O-].CC(C)C[C@H](NC(=O)[C@H](Cc1cnc[nH]1)NC(=O)CN)C(=O)[O-].[Cu+2]. The molecule has 2 rings (SSSR count). The van der Waals surface area contributed by atoms with Crippen LogP contribution in [-0.4, -0.2) is 92.8 Å². The zero-order valence-electron chi connectivity index (χ0n) is 26.6. The quantitative estimate of drug-likeness (QED) is 0.0677. The Morgan fingerprint density at radius 3 is 1.23 bits per heavy atom. The molecule has 4 amide bonds. The number of carbonyl (C=O) groups is 6. The fourth-order valence-electron chi connectivity index (χ4n) is 4.07. The number of hydrogen-bond donors (Lipinski definition) is 8. The number of amides is 4. The van der Waals surface area contributed by atoms with Gasteiger partial charge in [-0.25, -0.2) is 9.97 Å². The van der Waals surface area contributed by atoms with Gasteiger partial charge in [-0.05, 0) is 24.7 Å². The summed E-state index contributed by atoms with van der Waals surface area (Å²) < 4.78 is 0. The largest absolute Gasteiger partial charge is 2.00 e. The molecule has 0 aliphatic rings. The number of aliphatic carboxylic acids is 2. The summed E-state index contributed by atoms with van der Waals surface area (Å²) in [5.41, 5.74) is 11.7. The summed E-state index contributed by atoms with van der Waals surface area (Å²) in [5, 5.41) is 32.0. The first-order chi connectivity index (χ1) is 21.7. The van der Waals surface area contributed by atoms with E-state index in [-0.39, 0.29) is 67.7 Å². The van der Waals surface area contributed by atoms with E-state index in [0.717, 1.165) is 0 Å². The fourth-order valence-corrected chi connectivity index (χ4v) is 4.07. The predicted octanol–water partition coefficient (Wildman–Crippen LogP) is -4.65. The third kappa shape index (κ3) is 17.2. The number of carboxylic acid groups (broad SMARTS) is 2. The van der Waals surface area contributed by atoms with Crippen LogP contribution in [0.25, 0.3) is 0 Å². The number of aromatic amines is 2. The number of aromatic nitrogens is 4. The van der Waals surface area contributed by atoms with Crippen molar-refractivity contribution in [3.05, 3.63) is 36.4 Å². The minimum Gasteiger partial charge on any atom is -0.548 e.